The molecule has 0 radical (unpaired) electrons. The Balaban J connectivity index is 1.55. The van der Waals surface area contributed by atoms with Gasteiger partial charge in [0.2, 0.25) is 0 Å². The van der Waals surface area contributed by atoms with Crippen molar-refractivity contribution >= 4 is 0 Å². The Labute approximate surface area is 157 Å². The van der Waals surface area contributed by atoms with Crippen LogP contribution < -0.4 is 0 Å². The zero-order chi connectivity index (χ0) is 19.8. The number of aryl methyl sites for hydroxylation is 2. The van der Waals surface area contributed by atoms with E-state index in [1.807, 2.05) is 0 Å². The molecule has 0 aliphatic rings. The van der Waals surface area contributed by atoms with Gasteiger partial charge in [-0.05, 0) is 73.9 Å². The van der Waals surface area contributed by atoms with Crippen LogP contribution in [0.25, 0.3) is 0 Å². The van der Waals surface area contributed by atoms with Crippen molar-refractivity contribution in [3.63, 3.8) is 0 Å². The molecule has 2 aromatic rings. The van der Waals surface area contributed by atoms with Crippen molar-refractivity contribution < 1.29 is 35.4 Å². The number of aromatic hydroxyl groups is 6. The Bertz CT molecular complexity index is 648. The third-order valence-electron chi connectivity index (χ3n) is 4.27. The molecular formula is C20H26O7. The van der Waals surface area contributed by atoms with Crippen LogP contribution in [0.5, 0.6) is 34.5 Å². The van der Waals surface area contributed by atoms with Gasteiger partial charge in [0.25, 0.3) is 0 Å². The molecular weight excluding hydrogens is 352 g/mol. The quantitative estimate of drug-likeness (QED) is 0.276. The third kappa shape index (κ3) is 6.14. The van der Waals surface area contributed by atoms with E-state index in [9.17, 15) is 30.6 Å². The standard InChI is InChI=1S/C20H26O7/c21-15-9-13(10-16(22)19(15)25)5-1-3-7-27-8-4-2-6-14-11-17(23)20(26)18(24)12-14/h9-12,21-26H,1-8H2. The van der Waals surface area contributed by atoms with Crippen LogP contribution in [0.3, 0.4) is 0 Å². The second-order valence-corrected chi connectivity index (χ2v) is 6.49. The first-order chi connectivity index (χ1) is 12.9. The maximum atomic E-state index is 9.46. The topological polar surface area (TPSA) is 131 Å². The minimum atomic E-state index is -0.500. The second kappa shape index (κ2) is 9.78. The Morgan fingerprint density at radius 1 is 0.519 bits per heavy atom. The predicted molar refractivity (Wildman–Crippen MR) is 99.6 cm³/mol. The molecule has 27 heavy (non-hydrogen) atoms. The summed E-state index contributed by atoms with van der Waals surface area (Å²) in [6.45, 7) is 1.22. The summed E-state index contributed by atoms with van der Waals surface area (Å²) in [5, 5.41) is 56.4. The van der Waals surface area contributed by atoms with Crippen molar-refractivity contribution in [3.8, 4) is 34.5 Å². The number of unbranched alkanes of at least 4 members (excludes halogenated alkanes) is 2. The van der Waals surface area contributed by atoms with Crippen LogP contribution in [0, 0.1) is 0 Å². The predicted octanol–water partition coefficient (Wildman–Crippen LogP) is 3.28. The lowest BCUT2D eigenvalue weighted by molar-refractivity contribution is 0.127. The molecule has 2 aromatic carbocycles. The molecule has 7 heteroatoms. The fourth-order valence-electron chi connectivity index (χ4n) is 2.78. The van der Waals surface area contributed by atoms with Gasteiger partial charge in [0.15, 0.2) is 34.5 Å². The first-order valence-electron chi connectivity index (χ1n) is 8.94. The third-order valence-corrected chi connectivity index (χ3v) is 4.27. The molecule has 0 aliphatic heterocycles. The van der Waals surface area contributed by atoms with Gasteiger partial charge in [-0.3, -0.25) is 0 Å². The van der Waals surface area contributed by atoms with Crippen molar-refractivity contribution in [2.24, 2.45) is 0 Å². The van der Waals surface area contributed by atoms with Gasteiger partial charge >= 0.3 is 0 Å². The molecule has 0 spiro atoms. The zero-order valence-corrected chi connectivity index (χ0v) is 15.1. The highest BCUT2D eigenvalue weighted by Crippen LogP contribution is 2.36. The fraction of sp³-hybridized carbons (Fsp3) is 0.400. The maximum absolute atomic E-state index is 9.46. The molecule has 0 saturated carbocycles. The van der Waals surface area contributed by atoms with E-state index in [4.69, 9.17) is 4.74 Å². The van der Waals surface area contributed by atoms with Crippen LogP contribution in [0.4, 0.5) is 0 Å². The molecule has 0 heterocycles. The maximum Gasteiger partial charge on any atom is 0.200 e. The van der Waals surface area contributed by atoms with Crippen molar-refractivity contribution in [2.75, 3.05) is 13.2 Å². The van der Waals surface area contributed by atoms with Crippen molar-refractivity contribution in [1.82, 2.24) is 0 Å². The molecule has 0 atom stereocenters. The smallest absolute Gasteiger partial charge is 0.200 e. The average molecular weight is 378 g/mol. The van der Waals surface area contributed by atoms with Crippen LogP contribution in [-0.4, -0.2) is 43.9 Å². The molecule has 0 saturated heterocycles. The highest BCUT2D eigenvalue weighted by molar-refractivity contribution is 5.51. The Kier molecular flexibility index (Phi) is 7.43. The van der Waals surface area contributed by atoms with E-state index in [0.29, 0.717) is 26.1 Å². The van der Waals surface area contributed by atoms with Crippen LogP contribution in [0.15, 0.2) is 24.3 Å². The van der Waals surface area contributed by atoms with Gasteiger partial charge in [-0.1, -0.05) is 0 Å². The van der Waals surface area contributed by atoms with Gasteiger partial charge in [-0.15, -0.1) is 0 Å². The fourth-order valence-corrected chi connectivity index (χ4v) is 2.78. The monoisotopic (exact) mass is 378 g/mol. The van der Waals surface area contributed by atoms with Crippen molar-refractivity contribution in [3.05, 3.63) is 35.4 Å². The Morgan fingerprint density at radius 2 is 0.852 bits per heavy atom. The van der Waals surface area contributed by atoms with Gasteiger partial charge in [0, 0.05) is 13.2 Å². The van der Waals surface area contributed by atoms with Gasteiger partial charge in [-0.2, -0.15) is 0 Å². The van der Waals surface area contributed by atoms with Crippen molar-refractivity contribution in [1.29, 1.82) is 0 Å². The number of phenols is 6. The summed E-state index contributed by atoms with van der Waals surface area (Å²) < 4.78 is 5.57. The molecule has 2 rings (SSSR count). The van der Waals surface area contributed by atoms with Crippen LogP contribution in [0.2, 0.25) is 0 Å². The van der Waals surface area contributed by atoms with E-state index in [1.54, 1.807) is 0 Å². The average Bonchev–Trinajstić information content (AvgIpc) is 2.62. The van der Waals surface area contributed by atoms with Crippen LogP contribution in [-0.2, 0) is 17.6 Å². The first kappa shape index (κ1) is 20.5. The lowest BCUT2D eigenvalue weighted by atomic mass is 10.1. The SMILES string of the molecule is Oc1cc(CCCCOCCCCc2cc(O)c(O)c(O)c2)cc(O)c1O. The van der Waals surface area contributed by atoms with E-state index >= 15 is 0 Å². The Morgan fingerprint density at radius 3 is 1.19 bits per heavy atom. The number of benzene rings is 2. The summed E-state index contributed by atoms with van der Waals surface area (Å²) in [6, 6.07) is 5.76. The molecule has 0 amide bonds. The van der Waals surface area contributed by atoms with E-state index in [2.05, 4.69) is 0 Å². The summed E-state index contributed by atoms with van der Waals surface area (Å²) in [5.74, 6) is -2.29. The largest absolute Gasteiger partial charge is 0.504 e. The van der Waals surface area contributed by atoms with Gasteiger partial charge < -0.3 is 35.4 Å². The lowest BCUT2D eigenvalue weighted by Gasteiger charge is -2.07. The normalized spacial score (nSPS) is 11.0. The van der Waals surface area contributed by atoms with Crippen LogP contribution in [0.1, 0.15) is 36.8 Å². The van der Waals surface area contributed by atoms with E-state index in [-0.39, 0.29) is 23.0 Å². The minimum Gasteiger partial charge on any atom is -0.504 e. The molecule has 0 unspecified atom stereocenters. The molecule has 0 fully saturated rings. The number of rotatable bonds is 10. The van der Waals surface area contributed by atoms with Gasteiger partial charge in [-0.25, -0.2) is 0 Å². The lowest BCUT2D eigenvalue weighted by Crippen LogP contribution is -1.99. The second-order valence-electron chi connectivity index (χ2n) is 6.49. The van der Waals surface area contributed by atoms with Crippen molar-refractivity contribution in [2.45, 2.75) is 38.5 Å². The van der Waals surface area contributed by atoms with Gasteiger partial charge in [0.1, 0.15) is 0 Å². The molecule has 7 nitrogen and oxygen atoms in total. The summed E-state index contributed by atoms with van der Waals surface area (Å²) >= 11 is 0. The molecule has 6 N–H and O–H groups in total. The highest BCUT2D eigenvalue weighted by Gasteiger charge is 2.08. The number of ether oxygens (including phenoxy) is 1. The van der Waals surface area contributed by atoms with E-state index in [0.717, 1.165) is 36.8 Å². The molecule has 148 valence electrons. The Hall–Kier alpha value is -2.80. The number of hydrogen-bond acceptors (Lipinski definition) is 7. The first-order valence-corrected chi connectivity index (χ1v) is 8.94. The molecule has 0 aromatic heterocycles. The van der Waals surface area contributed by atoms with E-state index in [1.165, 1.54) is 24.3 Å². The summed E-state index contributed by atoms with van der Waals surface area (Å²) in [7, 11) is 0. The summed E-state index contributed by atoms with van der Waals surface area (Å²) in [5.41, 5.74) is 1.51. The number of hydrogen-bond donors (Lipinski definition) is 6. The number of phenolic OH excluding ortho intramolecular Hbond substituents is 6. The highest BCUT2D eigenvalue weighted by atomic mass is 16.5. The zero-order valence-electron chi connectivity index (χ0n) is 15.1. The van der Waals surface area contributed by atoms with E-state index < -0.39 is 11.5 Å². The minimum absolute atomic E-state index is 0.323. The molecule has 0 aliphatic carbocycles. The summed E-state index contributed by atoms with van der Waals surface area (Å²) in [4.78, 5) is 0. The summed E-state index contributed by atoms with van der Waals surface area (Å²) in [6.07, 6.45) is 4.66. The van der Waals surface area contributed by atoms with Crippen LogP contribution >= 0.6 is 0 Å². The molecule has 0 bridgehead atoms. The van der Waals surface area contributed by atoms with Gasteiger partial charge in [0.05, 0.1) is 0 Å².